The molecule has 0 radical (unpaired) electrons. The summed E-state index contributed by atoms with van der Waals surface area (Å²) in [6, 6.07) is 7.44. The molecule has 0 aliphatic carbocycles. The average Bonchev–Trinajstić information content (AvgIpc) is 2.75. The summed E-state index contributed by atoms with van der Waals surface area (Å²) in [5, 5.41) is 16.8. The summed E-state index contributed by atoms with van der Waals surface area (Å²) in [6.07, 6.45) is 1.79. The van der Waals surface area contributed by atoms with E-state index in [0.29, 0.717) is 28.5 Å². The number of anilines is 3. The van der Waals surface area contributed by atoms with Crippen molar-refractivity contribution in [3.05, 3.63) is 29.5 Å². The van der Waals surface area contributed by atoms with Gasteiger partial charge in [-0.1, -0.05) is 19.4 Å². The van der Waals surface area contributed by atoms with Crippen LogP contribution in [-0.4, -0.2) is 16.9 Å². The lowest BCUT2D eigenvalue weighted by Crippen LogP contribution is -2.04. The van der Waals surface area contributed by atoms with Gasteiger partial charge in [0.15, 0.2) is 5.82 Å². The first-order valence-electron chi connectivity index (χ1n) is 6.77. The SMILES string of the molecule is CCCc1nn(C)c(Nc2c(C#N)cccc2OC)c1N. The lowest BCUT2D eigenvalue weighted by molar-refractivity contribution is 0.416. The fraction of sp³-hybridized carbons (Fsp3) is 0.333. The Labute approximate surface area is 124 Å². The number of hydrogen-bond donors (Lipinski definition) is 2. The van der Waals surface area contributed by atoms with Gasteiger partial charge in [0.2, 0.25) is 0 Å². The van der Waals surface area contributed by atoms with E-state index in [1.165, 1.54) is 0 Å². The molecule has 0 saturated heterocycles. The molecule has 2 rings (SSSR count). The zero-order chi connectivity index (χ0) is 15.4. The standard InChI is InChI=1S/C15H19N5O/c1-4-6-11-13(17)15(20(2)19-11)18-14-10(9-16)7-5-8-12(14)21-3/h5,7-8,18H,4,6,17H2,1-3H3. The molecule has 21 heavy (non-hydrogen) atoms. The number of aryl methyl sites for hydroxylation is 2. The molecule has 0 aliphatic rings. The van der Waals surface area contributed by atoms with Crippen LogP contribution in [0.15, 0.2) is 18.2 Å². The lowest BCUT2D eigenvalue weighted by Gasteiger charge is -2.13. The van der Waals surface area contributed by atoms with E-state index in [1.54, 1.807) is 30.0 Å². The van der Waals surface area contributed by atoms with Crippen LogP contribution in [0.4, 0.5) is 17.2 Å². The predicted molar refractivity (Wildman–Crippen MR) is 82.6 cm³/mol. The first-order valence-corrected chi connectivity index (χ1v) is 6.77. The molecule has 2 aromatic rings. The normalized spacial score (nSPS) is 10.2. The van der Waals surface area contributed by atoms with Crippen LogP contribution in [0.25, 0.3) is 0 Å². The Hall–Kier alpha value is -2.68. The summed E-state index contributed by atoms with van der Waals surface area (Å²) >= 11 is 0. The van der Waals surface area contributed by atoms with Crippen molar-refractivity contribution < 1.29 is 4.74 Å². The van der Waals surface area contributed by atoms with Gasteiger partial charge in [-0.25, -0.2) is 0 Å². The van der Waals surface area contributed by atoms with Gasteiger partial charge in [0, 0.05) is 7.05 Å². The molecule has 1 heterocycles. The van der Waals surface area contributed by atoms with E-state index in [4.69, 9.17) is 10.5 Å². The Morgan fingerprint density at radius 1 is 1.48 bits per heavy atom. The number of benzene rings is 1. The monoisotopic (exact) mass is 285 g/mol. The molecular weight excluding hydrogens is 266 g/mol. The van der Waals surface area contributed by atoms with Gasteiger partial charge >= 0.3 is 0 Å². The zero-order valence-electron chi connectivity index (χ0n) is 12.5. The second-order valence-electron chi connectivity index (χ2n) is 4.70. The minimum atomic E-state index is 0.493. The van der Waals surface area contributed by atoms with Crippen molar-refractivity contribution in [3.63, 3.8) is 0 Å². The van der Waals surface area contributed by atoms with Crippen molar-refractivity contribution in [2.75, 3.05) is 18.2 Å². The van der Waals surface area contributed by atoms with Crippen molar-refractivity contribution in [1.29, 1.82) is 5.26 Å². The number of nitrogens with one attached hydrogen (secondary N) is 1. The first kappa shape index (κ1) is 14.7. The third-order valence-corrected chi connectivity index (χ3v) is 3.26. The van der Waals surface area contributed by atoms with Gasteiger partial charge in [-0.05, 0) is 18.6 Å². The van der Waals surface area contributed by atoms with Gasteiger partial charge in [-0.15, -0.1) is 0 Å². The summed E-state index contributed by atoms with van der Waals surface area (Å²) in [6.45, 7) is 2.08. The molecule has 110 valence electrons. The zero-order valence-corrected chi connectivity index (χ0v) is 12.5. The Morgan fingerprint density at radius 3 is 2.86 bits per heavy atom. The van der Waals surface area contributed by atoms with Crippen LogP contribution >= 0.6 is 0 Å². The van der Waals surface area contributed by atoms with Gasteiger partial charge in [-0.3, -0.25) is 4.68 Å². The molecule has 1 aromatic heterocycles. The molecule has 0 bridgehead atoms. The summed E-state index contributed by atoms with van der Waals surface area (Å²) in [7, 11) is 3.39. The van der Waals surface area contributed by atoms with E-state index >= 15 is 0 Å². The van der Waals surface area contributed by atoms with Gasteiger partial charge < -0.3 is 15.8 Å². The number of nitrogens with zero attached hydrogens (tertiary/aromatic N) is 3. The molecule has 0 unspecified atom stereocenters. The summed E-state index contributed by atoms with van der Waals surface area (Å²) in [5.74, 6) is 1.26. The number of nitrogens with two attached hydrogens (primary N) is 1. The van der Waals surface area contributed by atoms with E-state index in [9.17, 15) is 5.26 Å². The summed E-state index contributed by atoms with van der Waals surface area (Å²) in [4.78, 5) is 0. The van der Waals surface area contributed by atoms with E-state index in [0.717, 1.165) is 18.5 Å². The van der Waals surface area contributed by atoms with Gasteiger partial charge in [-0.2, -0.15) is 10.4 Å². The highest BCUT2D eigenvalue weighted by atomic mass is 16.5. The van der Waals surface area contributed by atoms with E-state index < -0.39 is 0 Å². The number of para-hydroxylation sites is 1. The first-order chi connectivity index (χ1) is 10.1. The van der Waals surface area contributed by atoms with Crippen LogP contribution in [0.2, 0.25) is 0 Å². The summed E-state index contributed by atoms with van der Waals surface area (Å²) < 4.78 is 7.00. The molecule has 6 heteroatoms. The van der Waals surface area contributed by atoms with Crippen LogP contribution in [0.3, 0.4) is 0 Å². The third kappa shape index (κ3) is 2.77. The second kappa shape index (κ2) is 6.18. The van der Waals surface area contributed by atoms with Crippen LogP contribution in [0, 0.1) is 11.3 Å². The number of rotatable bonds is 5. The van der Waals surface area contributed by atoms with Crippen LogP contribution in [0.1, 0.15) is 24.6 Å². The number of nitriles is 1. The van der Waals surface area contributed by atoms with Crippen molar-refractivity contribution in [1.82, 2.24) is 9.78 Å². The highest BCUT2D eigenvalue weighted by Gasteiger charge is 2.16. The maximum atomic E-state index is 9.25. The highest BCUT2D eigenvalue weighted by molar-refractivity contribution is 5.77. The smallest absolute Gasteiger partial charge is 0.152 e. The molecule has 0 saturated carbocycles. The molecule has 0 aliphatic heterocycles. The number of aromatic nitrogens is 2. The number of hydrogen-bond acceptors (Lipinski definition) is 5. The van der Waals surface area contributed by atoms with Crippen molar-refractivity contribution in [2.45, 2.75) is 19.8 Å². The largest absolute Gasteiger partial charge is 0.495 e. The van der Waals surface area contributed by atoms with Gasteiger partial charge in [0.1, 0.15) is 17.5 Å². The van der Waals surface area contributed by atoms with Crippen LogP contribution in [0.5, 0.6) is 5.75 Å². The molecule has 0 amide bonds. The minimum absolute atomic E-state index is 0.493. The van der Waals surface area contributed by atoms with E-state index in [-0.39, 0.29) is 0 Å². The Morgan fingerprint density at radius 2 is 2.24 bits per heavy atom. The van der Waals surface area contributed by atoms with Crippen LogP contribution in [-0.2, 0) is 13.5 Å². The Bertz CT molecular complexity index is 684. The van der Waals surface area contributed by atoms with Crippen molar-refractivity contribution >= 4 is 17.2 Å². The molecule has 0 atom stereocenters. The van der Waals surface area contributed by atoms with Crippen molar-refractivity contribution in [2.24, 2.45) is 7.05 Å². The molecule has 0 fully saturated rings. The maximum Gasteiger partial charge on any atom is 0.152 e. The van der Waals surface area contributed by atoms with Crippen molar-refractivity contribution in [3.8, 4) is 11.8 Å². The molecule has 3 N–H and O–H groups in total. The summed E-state index contributed by atoms with van der Waals surface area (Å²) in [5.41, 5.74) is 8.70. The maximum absolute atomic E-state index is 9.25. The highest BCUT2D eigenvalue weighted by Crippen LogP contribution is 2.34. The Kier molecular flexibility index (Phi) is 4.33. The van der Waals surface area contributed by atoms with Gasteiger partial charge in [0.25, 0.3) is 0 Å². The molecule has 0 spiro atoms. The number of ether oxygens (including phenoxy) is 1. The van der Waals surface area contributed by atoms with Crippen LogP contribution < -0.4 is 15.8 Å². The quantitative estimate of drug-likeness (QED) is 0.881. The topological polar surface area (TPSA) is 88.9 Å². The third-order valence-electron chi connectivity index (χ3n) is 3.26. The molecule has 1 aromatic carbocycles. The minimum Gasteiger partial charge on any atom is -0.495 e. The second-order valence-corrected chi connectivity index (χ2v) is 4.70. The average molecular weight is 285 g/mol. The fourth-order valence-corrected chi connectivity index (χ4v) is 2.21. The van der Waals surface area contributed by atoms with Gasteiger partial charge in [0.05, 0.1) is 24.1 Å². The predicted octanol–water partition coefficient (Wildman–Crippen LogP) is 2.58. The number of nitrogen functional groups attached to an aromatic ring is 1. The van der Waals surface area contributed by atoms with E-state index in [2.05, 4.69) is 23.4 Å². The molecular formula is C15H19N5O. The lowest BCUT2D eigenvalue weighted by atomic mass is 10.1. The fourth-order valence-electron chi connectivity index (χ4n) is 2.21. The number of methoxy groups -OCH3 is 1. The Balaban J connectivity index is 2.46. The molecule has 6 nitrogen and oxygen atoms in total. The van der Waals surface area contributed by atoms with E-state index in [1.807, 2.05) is 7.05 Å².